The Morgan fingerprint density at radius 3 is 2.75 bits per heavy atom. The summed E-state index contributed by atoms with van der Waals surface area (Å²) in [5.41, 5.74) is 0.555. The fourth-order valence-electron chi connectivity index (χ4n) is 0.966. The van der Waals surface area contributed by atoms with Gasteiger partial charge >= 0.3 is 5.97 Å². The molecule has 88 valence electrons. The number of rotatable bonds is 5. The second-order valence-electron chi connectivity index (χ2n) is 3.49. The van der Waals surface area contributed by atoms with E-state index in [0.29, 0.717) is 5.69 Å². The van der Waals surface area contributed by atoms with Crippen LogP contribution in [0.3, 0.4) is 0 Å². The van der Waals surface area contributed by atoms with Gasteiger partial charge in [-0.15, -0.1) is 0 Å². The molecule has 1 rings (SSSR count). The number of carbonyl (C=O) groups is 1. The summed E-state index contributed by atoms with van der Waals surface area (Å²) in [7, 11) is 0. The lowest BCUT2D eigenvalue weighted by atomic mass is 10.2. The van der Waals surface area contributed by atoms with Crippen molar-refractivity contribution in [2.24, 2.45) is 0 Å². The third kappa shape index (κ3) is 3.73. The Morgan fingerprint density at radius 1 is 1.50 bits per heavy atom. The fourth-order valence-corrected chi connectivity index (χ4v) is 1.50. The van der Waals surface area contributed by atoms with Gasteiger partial charge in [0.1, 0.15) is 0 Å². The molecule has 0 aromatic heterocycles. The average Bonchev–Trinajstić information content (AvgIpc) is 2.26. The van der Waals surface area contributed by atoms with Gasteiger partial charge in [0.05, 0.1) is 23.4 Å². The van der Waals surface area contributed by atoms with E-state index in [4.69, 9.17) is 5.11 Å². The topological polar surface area (TPSA) is 72.8 Å². The zero-order valence-electron chi connectivity index (χ0n) is 9.04. The molecule has 0 aliphatic heterocycles. The van der Waals surface area contributed by atoms with Crippen LogP contribution in [-0.4, -0.2) is 22.3 Å². The van der Waals surface area contributed by atoms with E-state index in [9.17, 15) is 10.0 Å². The molecule has 0 aliphatic rings. The molecule has 0 heterocycles. The molecule has 1 aromatic rings. The van der Waals surface area contributed by atoms with Crippen LogP contribution in [0.5, 0.6) is 0 Å². The SMILES string of the molecule is CC(C)NSN(O)c1cccc(C(=O)O)c1. The number of carboxylic acid groups (broad SMARTS) is 1. The first kappa shape index (κ1) is 12.8. The van der Waals surface area contributed by atoms with Crippen molar-refractivity contribution in [3.63, 3.8) is 0 Å². The highest BCUT2D eigenvalue weighted by molar-refractivity contribution is 7.98. The Labute approximate surface area is 98.3 Å². The quantitative estimate of drug-likeness (QED) is 0.542. The highest BCUT2D eigenvalue weighted by Gasteiger charge is 2.08. The molecule has 6 heteroatoms. The van der Waals surface area contributed by atoms with Gasteiger partial charge in [0.2, 0.25) is 0 Å². The molecule has 1 aromatic carbocycles. The third-order valence-corrected chi connectivity index (χ3v) is 2.65. The maximum absolute atomic E-state index is 10.7. The first-order valence-corrected chi connectivity index (χ1v) is 5.53. The minimum absolute atomic E-state index is 0.140. The van der Waals surface area contributed by atoms with E-state index in [2.05, 4.69) is 4.72 Å². The summed E-state index contributed by atoms with van der Waals surface area (Å²) < 4.78 is 3.83. The number of carboxylic acids is 1. The van der Waals surface area contributed by atoms with E-state index in [1.54, 1.807) is 12.1 Å². The molecule has 16 heavy (non-hydrogen) atoms. The molecule has 0 unspecified atom stereocenters. The largest absolute Gasteiger partial charge is 0.478 e. The molecule has 3 N–H and O–H groups in total. The molecule has 0 atom stereocenters. The van der Waals surface area contributed by atoms with Gasteiger partial charge in [-0.1, -0.05) is 6.07 Å². The van der Waals surface area contributed by atoms with Crippen molar-refractivity contribution in [2.45, 2.75) is 19.9 Å². The van der Waals surface area contributed by atoms with Crippen LogP contribution in [0.15, 0.2) is 24.3 Å². The fraction of sp³-hybridized carbons (Fsp3) is 0.300. The highest BCUT2D eigenvalue weighted by Crippen LogP contribution is 2.19. The smallest absolute Gasteiger partial charge is 0.335 e. The van der Waals surface area contributed by atoms with Crippen molar-refractivity contribution in [3.05, 3.63) is 29.8 Å². The predicted octanol–water partition coefficient (Wildman–Crippen LogP) is 2.14. The molecular formula is C10H14N2O3S. The molecule has 0 fully saturated rings. The van der Waals surface area contributed by atoms with Crippen LogP contribution in [0.4, 0.5) is 5.69 Å². The standard InChI is InChI=1S/C10H14N2O3S/c1-7(2)11-16-12(15)9-5-3-4-8(6-9)10(13)14/h3-7,11,15H,1-2H3,(H,13,14). The Morgan fingerprint density at radius 2 is 2.19 bits per heavy atom. The maximum atomic E-state index is 10.7. The average molecular weight is 242 g/mol. The Balaban J connectivity index is 2.71. The molecular weight excluding hydrogens is 228 g/mol. The number of anilines is 1. The van der Waals surface area contributed by atoms with E-state index < -0.39 is 5.97 Å². The van der Waals surface area contributed by atoms with Crippen molar-refractivity contribution >= 4 is 23.8 Å². The van der Waals surface area contributed by atoms with E-state index in [-0.39, 0.29) is 11.6 Å². The Kier molecular flexibility index (Phi) is 4.60. The first-order valence-electron chi connectivity index (χ1n) is 4.75. The summed E-state index contributed by atoms with van der Waals surface area (Å²) in [6.07, 6.45) is 0. The van der Waals surface area contributed by atoms with Crippen molar-refractivity contribution in [2.75, 3.05) is 4.47 Å². The predicted molar refractivity (Wildman–Crippen MR) is 63.5 cm³/mol. The monoisotopic (exact) mass is 242 g/mol. The molecule has 0 amide bonds. The zero-order valence-corrected chi connectivity index (χ0v) is 9.86. The first-order chi connectivity index (χ1) is 7.50. The summed E-state index contributed by atoms with van der Waals surface area (Å²) in [6, 6.07) is 6.29. The summed E-state index contributed by atoms with van der Waals surface area (Å²) >= 11 is 1.00. The zero-order chi connectivity index (χ0) is 12.1. The number of benzene rings is 1. The van der Waals surface area contributed by atoms with E-state index in [1.165, 1.54) is 12.1 Å². The van der Waals surface area contributed by atoms with Crippen molar-refractivity contribution in [1.82, 2.24) is 4.72 Å². The second kappa shape index (κ2) is 5.74. The molecule has 0 saturated heterocycles. The van der Waals surface area contributed by atoms with Gasteiger partial charge in [-0.25, -0.2) is 9.52 Å². The van der Waals surface area contributed by atoms with Crippen LogP contribution in [0, 0.1) is 0 Å². The van der Waals surface area contributed by atoms with Crippen LogP contribution >= 0.6 is 12.1 Å². The van der Waals surface area contributed by atoms with E-state index in [0.717, 1.165) is 16.6 Å². The second-order valence-corrected chi connectivity index (χ2v) is 4.26. The van der Waals surface area contributed by atoms with Gasteiger partial charge < -0.3 is 5.11 Å². The lowest BCUT2D eigenvalue weighted by Gasteiger charge is -2.17. The molecule has 0 saturated carbocycles. The summed E-state index contributed by atoms with van der Waals surface area (Å²) in [4.78, 5) is 10.7. The normalized spacial score (nSPS) is 10.5. The van der Waals surface area contributed by atoms with Gasteiger partial charge in [-0.2, -0.15) is 4.47 Å². The molecule has 0 radical (unpaired) electrons. The van der Waals surface area contributed by atoms with Crippen LogP contribution in [0.2, 0.25) is 0 Å². The van der Waals surface area contributed by atoms with Crippen molar-refractivity contribution in [1.29, 1.82) is 0 Å². The minimum atomic E-state index is -1.02. The van der Waals surface area contributed by atoms with Crippen LogP contribution in [-0.2, 0) is 0 Å². The number of nitrogens with one attached hydrogen (secondary N) is 1. The van der Waals surface area contributed by atoms with Gasteiger partial charge in [0.15, 0.2) is 0 Å². The lowest BCUT2D eigenvalue weighted by molar-refractivity contribution is 0.0697. The minimum Gasteiger partial charge on any atom is -0.478 e. The summed E-state index contributed by atoms with van der Waals surface area (Å²) in [5, 5.41) is 18.4. The van der Waals surface area contributed by atoms with Gasteiger partial charge in [0, 0.05) is 6.04 Å². The molecule has 5 nitrogen and oxygen atoms in total. The van der Waals surface area contributed by atoms with E-state index >= 15 is 0 Å². The Hall–Kier alpha value is -1.24. The molecule has 0 aliphatic carbocycles. The summed E-state index contributed by atoms with van der Waals surface area (Å²) in [6.45, 7) is 3.88. The Bertz CT molecular complexity index is 371. The van der Waals surface area contributed by atoms with Gasteiger partial charge in [0.25, 0.3) is 0 Å². The number of hydrogen-bond acceptors (Lipinski definition) is 5. The number of hydrogen-bond donors (Lipinski definition) is 3. The number of nitrogens with zero attached hydrogens (tertiary/aromatic N) is 1. The van der Waals surface area contributed by atoms with Crippen LogP contribution in [0.25, 0.3) is 0 Å². The number of aromatic carboxylic acids is 1. The summed E-state index contributed by atoms with van der Waals surface area (Å²) in [5.74, 6) is -1.02. The maximum Gasteiger partial charge on any atom is 0.335 e. The van der Waals surface area contributed by atoms with Gasteiger partial charge in [-0.3, -0.25) is 5.21 Å². The third-order valence-electron chi connectivity index (χ3n) is 1.69. The highest BCUT2D eigenvalue weighted by atomic mass is 32.2. The molecule has 0 spiro atoms. The van der Waals surface area contributed by atoms with Crippen LogP contribution < -0.4 is 9.19 Å². The van der Waals surface area contributed by atoms with E-state index in [1.807, 2.05) is 13.8 Å². The van der Waals surface area contributed by atoms with Crippen molar-refractivity contribution < 1.29 is 15.1 Å². The van der Waals surface area contributed by atoms with Gasteiger partial charge in [-0.05, 0) is 32.0 Å². The lowest BCUT2D eigenvalue weighted by Crippen LogP contribution is -2.22. The molecule has 0 bridgehead atoms. The van der Waals surface area contributed by atoms with Crippen LogP contribution in [0.1, 0.15) is 24.2 Å². The van der Waals surface area contributed by atoms with Crippen molar-refractivity contribution in [3.8, 4) is 0 Å².